The SMILES string of the molecule is Nc1n[nH]c(N)c1Cc1ccco1. The zero-order chi connectivity index (χ0) is 9.26. The summed E-state index contributed by atoms with van der Waals surface area (Å²) in [6.45, 7) is 0. The van der Waals surface area contributed by atoms with Gasteiger partial charge in [-0.25, -0.2) is 0 Å². The van der Waals surface area contributed by atoms with Crippen LogP contribution in [-0.2, 0) is 6.42 Å². The van der Waals surface area contributed by atoms with E-state index in [-0.39, 0.29) is 0 Å². The van der Waals surface area contributed by atoms with Crippen molar-refractivity contribution < 1.29 is 4.42 Å². The summed E-state index contributed by atoms with van der Waals surface area (Å²) in [7, 11) is 0. The van der Waals surface area contributed by atoms with Crippen LogP contribution in [0.2, 0.25) is 0 Å². The highest BCUT2D eigenvalue weighted by Crippen LogP contribution is 2.19. The minimum atomic E-state index is 0.425. The van der Waals surface area contributed by atoms with Crippen LogP contribution in [0, 0.1) is 0 Å². The van der Waals surface area contributed by atoms with Crippen molar-refractivity contribution in [3.8, 4) is 0 Å². The predicted octanol–water partition coefficient (Wildman–Crippen LogP) is 0.758. The van der Waals surface area contributed by atoms with Crippen LogP contribution >= 0.6 is 0 Å². The lowest BCUT2D eigenvalue weighted by atomic mass is 10.2. The number of rotatable bonds is 2. The first kappa shape index (κ1) is 7.72. The molecule has 5 heteroatoms. The van der Waals surface area contributed by atoms with Gasteiger partial charge in [-0.15, -0.1) is 0 Å². The highest BCUT2D eigenvalue weighted by Gasteiger charge is 2.09. The molecule has 2 aromatic heterocycles. The van der Waals surface area contributed by atoms with Crippen molar-refractivity contribution in [3.63, 3.8) is 0 Å². The molecule has 0 bridgehead atoms. The van der Waals surface area contributed by atoms with E-state index < -0.39 is 0 Å². The Bertz CT molecular complexity index is 371. The summed E-state index contributed by atoms with van der Waals surface area (Å²) in [6.07, 6.45) is 2.18. The molecule has 0 saturated carbocycles. The zero-order valence-electron chi connectivity index (χ0n) is 6.95. The third-order valence-electron chi connectivity index (χ3n) is 1.86. The smallest absolute Gasteiger partial charge is 0.151 e. The Morgan fingerprint density at radius 1 is 1.46 bits per heavy atom. The molecule has 68 valence electrons. The Hall–Kier alpha value is -1.91. The van der Waals surface area contributed by atoms with Gasteiger partial charge in [-0.05, 0) is 12.1 Å². The molecule has 0 spiro atoms. The lowest BCUT2D eigenvalue weighted by Crippen LogP contribution is -1.95. The second kappa shape index (κ2) is 2.85. The van der Waals surface area contributed by atoms with Crippen LogP contribution in [0.25, 0.3) is 0 Å². The Kier molecular flexibility index (Phi) is 1.70. The summed E-state index contributed by atoms with van der Waals surface area (Å²) >= 11 is 0. The normalized spacial score (nSPS) is 10.5. The monoisotopic (exact) mass is 178 g/mol. The molecule has 0 atom stereocenters. The van der Waals surface area contributed by atoms with Gasteiger partial charge in [0.15, 0.2) is 5.82 Å². The quantitative estimate of drug-likeness (QED) is 0.632. The fourth-order valence-corrected chi connectivity index (χ4v) is 1.17. The van der Waals surface area contributed by atoms with Gasteiger partial charge in [-0.2, -0.15) is 5.10 Å². The molecule has 2 aromatic rings. The van der Waals surface area contributed by atoms with Gasteiger partial charge in [0, 0.05) is 12.0 Å². The van der Waals surface area contributed by atoms with Crippen molar-refractivity contribution in [2.24, 2.45) is 0 Å². The number of nitrogens with one attached hydrogen (secondary N) is 1. The molecule has 0 radical (unpaired) electrons. The highest BCUT2D eigenvalue weighted by molar-refractivity contribution is 5.54. The maximum Gasteiger partial charge on any atom is 0.151 e. The average Bonchev–Trinajstić information content (AvgIpc) is 2.70. The Balaban J connectivity index is 2.27. The molecule has 0 aliphatic heterocycles. The highest BCUT2D eigenvalue weighted by atomic mass is 16.3. The van der Waals surface area contributed by atoms with E-state index in [0.29, 0.717) is 18.1 Å². The van der Waals surface area contributed by atoms with E-state index in [1.807, 2.05) is 12.1 Å². The second-order valence-electron chi connectivity index (χ2n) is 2.76. The van der Waals surface area contributed by atoms with E-state index >= 15 is 0 Å². The number of aromatic amines is 1. The first-order valence-electron chi connectivity index (χ1n) is 3.88. The number of H-pyrrole nitrogens is 1. The summed E-state index contributed by atoms with van der Waals surface area (Å²) < 4.78 is 5.16. The van der Waals surface area contributed by atoms with Crippen LogP contribution in [0.15, 0.2) is 22.8 Å². The lowest BCUT2D eigenvalue weighted by molar-refractivity contribution is 0.521. The maximum absolute atomic E-state index is 5.62. The van der Waals surface area contributed by atoms with E-state index in [1.165, 1.54) is 0 Å². The van der Waals surface area contributed by atoms with Crippen molar-refractivity contribution >= 4 is 11.6 Å². The number of nitrogens with zero attached hydrogens (tertiary/aromatic N) is 1. The summed E-state index contributed by atoms with van der Waals surface area (Å²) in [5.41, 5.74) is 12.0. The molecule has 0 fully saturated rings. The van der Waals surface area contributed by atoms with Crippen LogP contribution < -0.4 is 11.5 Å². The molecule has 0 aromatic carbocycles. The van der Waals surface area contributed by atoms with Crippen molar-refractivity contribution in [1.29, 1.82) is 0 Å². The molecule has 0 saturated heterocycles. The standard InChI is InChI=1S/C8H10N4O/c9-7-6(8(10)12-11-7)4-5-2-1-3-13-5/h1-3H,4H2,(H5,9,10,11,12). The van der Waals surface area contributed by atoms with Crippen molar-refractivity contribution in [2.45, 2.75) is 6.42 Å². The first-order valence-corrected chi connectivity index (χ1v) is 3.88. The van der Waals surface area contributed by atoms with E-state index in [1.54, 1.807) is 6.26 Å². The fraction of sp³-hybridized carbons (Fsp3) is 0.125. The third-order valence-corrected chi connectivity index (χ3v) is 1.86. The van der Waals surface area contributed by atoms with Crippen LogP contribution in [-0.4, -0.2) is 10.2 Å². The van der Waals surface area contributed by atoms with Gasteiger partial charge in [-0.1, -0.05) is 0 Å². The summed E-state index contributed by atoms with van der Waals surface area (Å²) in [4.78, 5) is 0. The van der Waals surface area contributed by atoms with Crippen LogP contribution in [0.4, 0.5) is 11.6 Å². The number of hydrogen-bond acceptors (Lipinski definition) is 4. The van der Waals surface area contributed by atoms with Gasteiger partial charge in [0.2, 0.25) is 0 Å². The minimum absolute atomic E-state index is 0.425. The second-order valence-corrected chi connectivity index (χ2v) is 2.76. The molecule has 0 aliphatic carbocycles. The molecule has 0 aliphatic rings. The van der Waals surface area contributed by atoms with Gasteiger partial charge in [0.1, 0.15) is 11.6 Å². The number of nitrogen functional groups attached to an aromatic ring is 2. The molecule has 0 unspecified atom stereocenters. The molecule has 2 heterocycles. The number of aromatic nitrogens is 2. The van der Waals surface area contributed by atoms with Crippen molar-refractivity contribution in [2.75, 3.05) is 11.5 Å². The molecular formula is C8H10N4O. The van der Waals surface area contributed by atoms with Crippen molar-refractivity contribution in [3.05, 3.63) is 29.7 Å². The molecule has 5 nitrogen and oxygen atoms in total. The van der Waals surface area contributed by atoms with Gasteiger partial charge in [0.25, 0.3) is 0 Å². The topological polar surface area (TPSA) is 93.9 Å². The van der Waals surface area contributed by atoms with Gasteiger partial charge in [-0.3, -0.25) is 5.10 Å². The van der Waals surface area contributed by atoms with Gasteiger partial charge >= 0.3 is 0 Å². The fourth-order valence-electron chi connectivity index (χ4n) is 1.17. The van der Waals surface area contributed by atoms with Gasteiger partial charge < -0.3 is 15.9 Å². The Labute approximate surface area is 74.7 Å². The first-order chi connectivity index (χ1) is 6.27. The minimum Gasteiger partial charge on any atom is -0.469 e. The Morgan fingerprint density at radius 3 is 2.85 bits per heavy atom. The average molecular weight is 178 g/mol. The van der Waals surface area contributed by atoms with E-state index in [0.717, 1.165) is 11.3 Å². The van der Waals surface area contributed by atoms with Gasteiger partial charge in [0.05, 0.1) is 6.26 Å². The van der Waals surface area contributed by atoms with E-state index in [2.05, 4.69) is 10.2 Å². The lowest BCUT2D eigenvalue weighted by Gasteiger charge is -1.96. The summed E-state index contributed by atoms with van der Waals surface area (Å²) in [6, 6.07) is 3.69. The molecular weight excluding hydrogens is 168 g/mol. The number of anilines is 2. The Morgan fingerprint density at radius 2 is 2.31 bits per heavy atom. The molecule has 2 rings (SSSR count). The van der Waals surface area contributed by atoms with E-state index in [4.69, 9.17) is 15.9 Å². The summed E-state index contributed by atoms with van der Waals surface area (Å²) in [5, 5.41) is 6.39. The largest absolute Gasteiger partial charge is 0.469 e. The zero-order valence-corrected chi connectivity index (χ0v) is 6.95. The predicted molar refractivity (Wildman–Crippen MR) is 48.9 cm³/mol. The van der Waals surface area contributed by atoms with Crippen LogP contribution in [0.3, 0.4) is 0 Å². The molecule has 13 heavy (non-hydrogen) atoms. The number of hydrogen-bond donors (Lipinski definition) is 3. The van der Waals surface area contributed by atoms with E-state index in [9.17, 15) is 0 Å². The summed E-state index contributed by atoms with van der Waals surface area (Å²) in [5.74, 6) is 1.74. The number of furan rings is 1. The maximum atomic E-state index is 5.62. The molecule has 0 amide bonds. The molecule has 5 N–H and O–H groups in total. The van der Waals surface area contributed by atoms with Crippen LogP contribution in [0.1, 0.15) is 11.3 Å². The third kappa shape index (κ3) is 1.35. The number of nitrogens with two attached hydrogens (primary N) is 2. The van der Waals surface area contributed by atoms with Crippen LogP contribution in [0.5, 0.6) is 0 Å². The van der Waals surface area contributed by atoms with Crippen molar-refractivity contribution in [1.82, 2.24) is 10.2 Å².